The van der Waals surface area contributed by atoms with Crippen LogP contribution in [0.1, 0.15) is 123 Å². The summed E-state index contributed by atoms with van der Waals surface area (Å²) in [5.74, 6) is 3.48. The van der Waals surface area contributed by atoms with Gasteiger partial charge in [-0.3, -0.25) is 0 Å². The first-order valence-electron chi connectivity index (χ1n) is 19.7. The first kappa shape index (κ1) is 38.9. The smallest absolute Gasteiger partial charge is 0.338 e. The number of rotatable bonds is 18. The second-order valence-electron chi connectivity index (χ2n) is 14.6. The van der Waals surface area contributed by atoms with Crippen LogP contribution in [0.2, 0.25) is 0 Å². The third-order valence-electron chi connectivity index (χ3n) is 10.7. The zero-order valence-corrected chi connectivity index (χ0v) is 31.3. The van der Waals surface area contributed by atoms with E-state index < -0.39 is 18.0 Å². The Morgan fingerprint density at radius 1 is 0.615 bits per heavy atom. The van der Waals surface area contributed by atoms with E-state index in [2.05, 4.69) is 38.2 Å². The van der Waals surface area contributed by atoms with Gasteiger partial charge in [-0.05, 0) is 129 Å². The fourth-order valence-corrected chi connectivity index (χ4v) is 7.61. The van der Waals surface area contributed by atoms with Crippen molar-refractivity contribution >= 4 is 11.9 Å². The van der Waals surface area contributed by atoms with Crippen molar-refractivity contribution in [1.29, 1.82) is 0 Å². The maximum absolute atomic E-state index is 13.2. The molecule has 0 radical (unpaired) electrons. The van der Waals surface area contributed by atoms with Crippen LogP contribution in [0.3, 0.4) is 0 Å². The minimum Gasteiger partial charge on any atom is -0.490 e. The molecule has 0 spiro atoms. The van der Waals surface area contributed by atoms with E-state index in [1.54, 1.807) is 48.5 Å². The van der Waals surface area contributed by atoms with E-state index in [1.165, 1.54) is 77.0 Å². The highest BCUT2D eigenvalue weighted by Crippen LogP contribution is 2.33. The van der Waals surface area contributed by atoms with Crippen molar-refractivity contribution in [2.75, 3.05) is 19.8 Å². The summed E-state index contributed by atoms with van der Waals surface area (Å²) in [6, 6.07) is 23.2. The molecule has 0 heterocycles. The zero-order chi connectivity index (χ0) is 36.4. The van der Waals surface area contributed by atoms with Gasteiger partial charge >= 0.3 is 11.9 Å². The standard InChI is InChI=1S/C46H58O6/c1-3-10-35-16-20-37(21-17-35)12-8-32-49-42-28-24-40(25-29-42)45(47)51-34-44(39-14-6-5-7-15-39)52-46(48)41-26-30-43(31-27-41)50-33-9-13-38-22-18-36(11-4-2)19-23-38/h5-9,12-15,24-31,35-38,44H,3-4,10-11,16-23,32-34H2,1-2H3/b12-8+,13-9+/t35-,36-,37-,38-,44-/m0/s1. The number of hydrogen-bond acceptors (Lipinski definition) is 6. The Morgan fingerprint density at radius 2 is 1.08 bits per heavy atom. The number of carbonyl (C=O) groups excluding carboxylic acids is 2. The van der Waals surface area contributed by atoms with Crippen molar-refractivity contribution in [3.63, 3.8) is 0 Å². The minimum absolute atomic E-state index is 0.119. The highest BCUT2D eigenvalue weighted by atomic mass is 16.6. The first-order chi connectivity index (χ1) is 25.5. The Bertz CT molecular complexity index is 1530. The topological polar surface area (TPSA) is 71.1 Å². The molecule has 52 heavy (non-hydrogen) atoms. The SMILES string of the molecule is CCC[C@H]1CC[C@H](/C=C/COc2ccc(C(=O)OC[C@H](OC(=O)c3ccc(OC/C=C/[C@H]4CC[C@H](CCC)CC4)cc3)c3ccccc3)cc2)CC1. The number of esters is 2. The van der Waals surface area contributed by atoms with E-state index in [0.717, 1.165) is 17.4 Å². The quantitative estimate of drug-likeness (QED) is 0.0968. The largest absolute Gasteiger partial charge is 0.490 e. The summed E-state index contributed by atoms with van der Waals surface area (Å²) < 4.78 is 23.3. The van der Waals surface area contributed by atoms with Gasteiger partial charge in [-0.15, -0.1) is 0 Å². The third-order valence-corrected chi connectivity index (χ3v) is 10.7. The fourth-order valence-electron chi connectivity index (χ4n) is 7.61. The van der Waals surface area contributed by atoms with E-state index in [-0.39, 0.29) is 6.61 Å². The summed E-state index contributed by atoms with van der Waals surface area (Å²) in [5, 5.41) is 0. The molecule has 0 aromatic heterocycles. The van der Waals surface area contributed by atoms with Crippen molar-refractivity contribution in [3.8, 4) is 11.5 Å². The molecule has 0 unspecified atom stereocenters. The molecule has 2 fully saturated rings. The lowest BCUT2D eigenvalue weighted by atomic mass is 9.80. The predicted molar refractivity (Wildman–Crippen MR) is 208 cm³/mol. The van der Waals surface area contributed by atoms with Gasteiger partial charge in [0, 0.05) is 0 Å². The molecule has 5 rings (SSSR count). The maximum Gasteiger partial charge on any atom is 0.338 e. The Hall–Kier alpha value is -4.32. The summed E-state index contributed by atoms with van der Waals surface area (Å²) in [5.41, 5.74) is 1.53. The highest BCUT2D eigenvalue weighted by Gasteiger charge is 2.22. The predicted octanol–water partition coefficient (Wildman–Crippen LogP) is 11.5. The van der Waals surface area contributed by atoms with Crippen molar-refractivity contribution in [3.05, 3.63) is 120 Å². The van der Waals surface area contributed by atoms with Gasteiger partial charge in [0.05, 0.1) is 11.1 Å². The second-order valence-corrected chi connectivity index (χ2v) is 14.6. The van der Waals surface area contributed by atoms with Crippen LogP contribution in [0.25, 0.3) is 0 Å². The van der Waals surface area contributed by atoms with Crippen LogP contribution >= 0.6 is 0 Å². The molecule has 3 aromatic rings. The molecule has 1 atom stereocenters. The van der Waals surface area contributed by atoms with Crippen molar-refractivity contribution < 1.29 is 28.5 Å². The lowest BCUT2D eigenvalue weighted by Crippen LogP contribution is -2.19. The number of carbonyl (C=O) groups is 2. The molecule has 0 bridgehead atoms. The molecular formula is C46H58O6. The summed E-state index contributed by atoms with van der Waals surface area (Å²) in [6.07, 6.45) is 23.7. The molecule has 2 aliphatic carbocycles. The normalized spacial score (nSPS) is 21.1. The summed E-state index contributed by atoms with van der Waals surface area (Å²) in [6.45, 7) is 5.42. The molecule has 2 aliphatic rings. The van der Waals surface area contributed by atoms with Crippen LogP contribution < -0.4 is 9.47 Å². The van der Waals surface area contributed by atoms with E-state index in [4.69, 9.17) is 18.9 Å². The van der Waals surface area contributed by atoms with Crippen molar-refractivity contribution in [2.45, 2.75) is 97.0 Å². The second kappa shape index (κ2) is 21.3. The van der Waals surface area contributed by atoms with Gasteiger partial charge in [0.15, 0.2) is 6.10 Å². The molecule has 3 aromatic carbocycles. The molecular weight excluding hydrogens is 648 g/mol. The molecule has 0 N–H and O–H groups in total. The van der Waals surface area contributed by atoms with Crippen LogP contribution in [0, 0.1) is 23.7 Å². The van der Waals surface area contributed by atoms with E-state index in [9.17, 15) is 9.59 Å². The van der Waals surface area contributed by atoms with Gasteiger partial charge < -0.3 is 18.9 Å². The number of hydrogen-bond donors (Lipinski definition) is 0. The zero-order valence-electron chi connectivity index (χ0n) is 31.3. The maximum atomic E-state index is 13.2. The molecule has 6 nitrogen and oxygen atoms in total. The summed E-state index contributed by atoms with van der Waals surface area (Å²) >= 11 is 0. The van der Waals surface area contributed by atoms with E-state index in [0.29, 0.717) is 47.7 Å². The van der Waals surface area contributed by atoms with Gasteiger partial charge in [0.1, 0.15) is 31.3 Å². The monoisotopic (exact) mass is 706 g/mol. The Balaban J connectivity index is 1.06. The summed E-state index contributed by atoms with van der Waals surface area (Å²) in [4.78, 5) is 26.2. The molecule has 2 saturated carbocycles. The Morgan fingerprint density at radius 3 is 1.54 bits per heavy atom. The van der Waals surface area contributed by atoms with E-state index in [1.807, 2.05) is 30.3 Å². The van der Waals surface area contributed by atoms with Gasteiger partial charge in [-0.1, -0.05) is 94.2 Å². The lowest BCUT2D eigenvalue weighted by molar-refractivity contribution is -0.00134. The lowest BCUT2D eigenvalue weighted by Gasteiger charge is -2.26. The van der Waals surface area contributed by atoms with Crippen LogP contribution in [0.4, 0.5) is 0 Å². The first-order valence-corrected chi connectivity index (χ1v) is 19.7. The minimum atomic E-state index is -0.771. The average Bonchev–Trinajstić information content (AvgIpc) is 3.19. The number of ether oxygens (including phenoxy) is 4. The van der Waals surface area contributed by atoms with Gasteiger partial charge in [0.2, 0.25) is 0 Å². The Kier molecular flexibility index (Phi) is 15.9. The van der Waals surface area contributed by atoms with Crippen LogP contribution in [-0.4, -0.2) is 31.8 Å². The van der Waals surface area contributed by atoms with Crippen LogP contribution in [0.15, 0.2) is 103 Å². The van der Waals surface area contributed by atoms with Crippen molar-refractivity contribution in [2.24, 2.45) is 23.7 Å². The van der Waals surface area contributed by atoms with E-state index >= 15 is 0 Å². The highest BCUT2D eigenvalue weighted by molar-refractivity contribution is 5.90. The summed E-state index contributed by atoms with van der Waals surface area (Å²) in [7, 11) is 0. The molecule has 0 aliphatic heterocycles. The average molecular weight is 707 g/mol. The number of benzene rings is 3. The molecule has 6 heteroatoms. The van der Waals surface area contributed by atoms with Gasteiger partial charge in [0.25, 0.3) is 0 Å². The molecule has 0 amide bonds. The van der Waals surface area contributed by atoms with Crippen LogP contribution in [0.5, 0.6) is 11.5 Å². The number of allylic oxidation sites excluding steroid dienone is 2. The molecule has 278 valence electrons. The van der Waals surface area contributed by atoms with Crippen molar-refractivity contribution in [1.82, 2.24) is 0 Å². The Labute approximate surface area is 311 Å². The molecule has 0 saturated heterocycles. The van der Waals surface area contributed by atoms with Gasteiger partial charge in [-0.2, -0.15) is 0 Å². The third kappa shape index (κ3) is 12.7. The fraction of sp³-hybridized carbons (Fsp3) is 0.478. The van der Waals surface area contributed by atoms with Crippen LogP contribution in [-0.2, 0) is 9.47 Å². The van der Waals surface area contributed by atoms with Gasteiger partial charge in [-0.25, -0.2) is 9.59 Å².